The second-order valence-electron chi connectivity index (χ2n) is 9.03. The lowest BCUT2D eigenvalue weighted by Crippen LogP contribution is -2.22. The molecule has 6 aromatic rings. The number of phenols is 2. The lowest BCUT2D eigenvalue weighted by Gasteiger charge is -2.27. The zero-order chi connectivity index (χ0) is 25.2. The third-order valence-corrected chi connectivity index (χ3v) is 12.6. The van der Waals surface area contributed by atoms with Gasteiger partial charge in [0.25, 0.3) is 0 Å². The largest absolute Gasteiger partial charge is 0.507 e. The van der Waals surface area contributed by atoms with Crippen molar-refractivity contribution in [1.29, 1.82) is 0 Å². The minimum atomic E-state index is -1.10. The van der Waals surface area contributed by atoms with Gasteiger partial charge in [0.2, 0.25) is 0 Å². The Morgan fingerprint density at radius 1 is 0.459 bits per heavy atom. The summed E-state index contributed by atoms with van der Waals surface area (Å²) in [5, 5.41) is 28.6. The normalized spacial score (nSPS) is 11.5. The van der Waals surface area contributed by atoms with Crippen molar-refractivity contribution >= 4 is 48.8 Å². The van der Waals surface area contributed by atoms with E-state index in [1.54, 1.807) is 0 Å². The van der Waals surface area contributed by atoms with Crippen LogP contribution in [0.1, 0.15) is 16.7 Å². The maximum absolute atomic E-state index is 11.6. The topological polar surface area (TPSA) is 40.5 Å². The summed E-state index contributed by atoms with van der Waals surface area (Å²) in [4.78, 5) is 0. The molecule has 4 heteroatoms. The van der Waals surface area contributed by atoms with Gasteiger partial charge in [0.15, 0.2) is 0 Å². The SMILES string of the molecule is Oc1c(P([Si]C(c2ccccc2)c2ccccc2)c2ccc3ccccc3c2O)ccc2ccccc12. The van der Waals surface area contributed by atoms with Crippen LogP contribution in [-0.4, -0.2) is 19.4 Å². The molecule has 37 heavy (non-hydrogen) atoms. The molecule has 6 aromatic carbocycles. The maximum atomic E-state index is 11.6. The highest BCUT2D eigenvalue weighted by molar-refractivity contribution is 7.97. The molecule has 0 saturated heterocycles. The number of benzene rings is 6. The second-order valence-corrected chi connectivity index (χ2v) is 13.6. The van der Waals surface area contributed by atoms with Crippen LogP contribution in [0, 0.1) is 0 Å². The fraction of sp³-hybridized carbons (Fsp3) is 0.0303. The molecule has 0 heterocycles. The Labute approximate surface area is 220 Å². The molecule has 0 aliphatic carbocycles. The summed E-state index contributed by atoms with van der Waals surface area (Å²) in [5.74, 6) is 0.619. The van der Waals surface area contributed by atoms with E-state index in [0.717, 1.165) is 32.2 Å². The zero-order valence-electron chi connectivity index (χ0n) is 20.1. The summed E-state index contributed by atoms with van der Waals surface area (Å²) in [6.07, 6.45) is 0. The lowest BCUT2D eigenvalue weighted by molar-refractivity contribution is 0.485. The van der Waals surface area contributed by atoms with Crippen molar-refractivity contribution < 1.29 is 10.2 Å². The van der Waals surface area contributed by atoms with Crippen LogP contribution >= 0.6 is 7.47 Å². The van der Waals surface area contributed by atoms with E-state index in [4.69, 9.17) is 0 Å². The highest BCUT2D eigenvalue weighted by Gasteiger charge is 2.28. The molecule has 0 unspecified atom stereocenters. The van der Waals surface area contributed by atoms with Crippen molar-refractivity contribution in [2.24, 2.45) is 0 Å². The highest BCUT2D eigenvalue weighted by Crippen LogP contribution is 2.46. The average Bonchev–Trinajstić information content (AvgIpc) is 2.96. The van der Waals surface area contributed by atoms with Crippen LogP contribution in [0.5, 0.6) is 11.5 Å². The number of hydrogen-bond donors (Lipinski definition) is 2. The van der Waals surface area contributed by atoms with Gasteiger partial charge in [-0.25, -0.2) is 0 Å². The number of aromatic hydroxyl groups is 2. The summed E-state index contributed by atoms with van der Waals surface area (Å²) in [5.41, 5.74) is 2.60. The van der Waals surface area contributed by atoms with Crippen molar-refractivity contribution in [3.63, 3.8) is 0 Å². The van der Waals surface area contributed by atoms with E-state index < -0.39 is 7.47 Å². The Kier molecular flexibility index (Phi) is 6.49. The molecule has 0 aromatic heterocycles. The molecule has 2 N–H and O–H groups in total. The monoisotopic (exact) mass is 512 g/mol. The van der Waals surface area contributed by atoms with Crippen LogP contribution in [-0.2, 0) is 0 Å². The third kappa shape index (κ3) is 4.53. The lowest BCUT2D eigenvalue weighted by atomic mass is 10.0. The molecule has 0 bridgehead atoms. The van der Waals surface area contributed by atoms with Gasteiger partial charge in [0.1, 0.15) is 20.7 Å². The smallest absolute Gasteiger partial charge is 0.130 e. The van der Waals surface area contributed by atoms with E-state index in [-0.39, 0.29) is 5.54 Å². The Bertz CT molecular complexity index is 1560. The summed E-state index contributed by atoms with van der Waals surface area (Å²) >= 11 is 0. The zero-order valence-corrected chi connectivity index (χ0v) is 22.0. The fourth-order valence-electron chi connectivity index (χ4n) is 4.88. The molecular weight excluding hydrogens is 487 g/mol. The molecule has 0 aliphatic rings. The van der Waals surface area contributed by atoms with Gasteiger partial charge < -0.3 is 10.2 Å². The first-order valence-electron chi connectivity index (χ1n) is 12.3. The van der Waals surface area contributed by atoms with Crippen LogP contribution in [0.25, 0.3) is 21.5 Å². The van der Waals surface area contributed by atoms with Crippen molar-refractivity contribution in [3.8, 4) is 11.5 Å². The number of rotatable bonds is 6. The summed E-state index contributed by atoms with van der Waals surface area (Å²) in [6, 6.07) is 45.3. The van der Waals surface area contributed by atoms with Gasteiger partial charge in [-0.2, -0.15) is 0 Å². The molecule has 0 spiro atoms. The first-order chi connectivity index (χ1) is 18.2. The minimum absolute atomic E-state index is 0.130. The molecule has 2 radical (unpaired) electrons. The summed E-state index contributed by atoms with van der Waals surface area (Å²) < 4.78 is 0. The summed E-state index contributed by atoms with van der Waals surface area (Å²) in [7, 11) is -0.694. The molecule has 0 aliphatic heterocycles. The molecule has 6 rings (SSSR count). The molecule has 178 valence electrons. The Morgan fingerprint density at radius 3 is 1.32 bits per heavy atom. The van der Waals surface area contributed by atoms with E-state index in [2.05, 4.69) is 72.8 Å². The van der Waals surface area contributed by atoms with Gasteiger partial charge in [-0.1, -0.05) is 141 Å². The second kappa shape index (κ2) is 10.2. The van der Waals surface area contributed by atoms with E-state index in [1.807, 2.05) is 60.7 Å². The number of hydrogen-bond acceptors (Lipinski definition) is 2. The van der Waals surface area contributed by atoms with Gasteiger partial charge in [0, 0.05) is 26.9 Å². The molecule has 2 nitrogen and oxygen atoms in total. The van der Waals surface area contributed by atoms with E-state index in [0.29, 0.717) is 20.7 Å². The molecule has 0 amide bonds. The van der Waals surface area contributed by atoms with E-state index >= 15 is 0 Å². The average molecular weight is 513 g/mol. The van der Waals surface area contributed by atoms with Crippen molar-refractivity contribution in [3.05, 3.63) is 145 Å². The number of fused-ring (bicyclic) bond motifs is 2. The quantitative estimate of drug-likeness (QED) is 0.182. The van der Waals surface area contributed by atoms with Gasteiger partial charge in [0.05, 0.1) is 0 Å². The number of phenolic OH excluding ortho intramolecular Hbond substituents is 2. The Morgan fingerprint density at radius 2 is 0.865 bits per heavy atom. The van der Waals surface area contributed by atoms with Gasteiger partial charge in [-0.05, 0) is 21.9 Å². The predicted molar refractivity (Wildman–Crippen MR) is 158 cm³/mol. The van der Waals surface area contributed by atoms with Crippen molar-refractivity contribution in [1.82, 2.24) is 0 Å². The van der Waals surface area contributed by atoms with Crippen LogP contribution in [0.15, 0.2) is 133 Å². The molecular formula is C33H25O2PSi. The third-order valence-electron chi connectivity index (χ3n) is 6.76. The van der Waals surface area contributed by atoms with E-state index in [9.17, 15) is 10.2 Å². The molecule has 0 atom stereocenters. The molecule has 0 saturated carbocycles. The van der Waals surface area contributed by atoms with Crippen LogP contribution in [0.3, 0.4) is 0 Å². The summed E-state index contributed by atoms with van der Waals surface area (Å²) in [6.45, 7) is 0. The molecule has 0 fully saturated rings. The van der Waals surface area contributed by atoms with E-state index in [1.165, 1.54) is 11.1 Å². The van der Waals surface area contributed by atoms with Crippen LogP contribution < -0.4 is 10.6 Å². The Hall–Kier alpha value is -3.91. The Balaban J connectivity index is 1.57. The van der Waals surface area contributed by atoms with Gasteiger partial charge >= 0.3 is 0 Å². The van der Waals surface area contributed by atoms with Crippen molar-refractivity contribution in [2.45, 2.75) is 5.54 Å². The van der Waals surface area contributed by atoms with Crippen molar-refractivity contribution in [2.75, 3.05) is 0 Å². The van der Waals surface area contributed by atoms with Crippen LogP contribution in [0.4, 0.5) is 0 Å². The van der Waals surface area contributed by atoms with Crippen LogP contribution in [0.2, 0.25) is 0 Å². The highest BCUT2D eigenvalue weighted by atomic mass is 31.4. The standard InChI is InChI=1S/C33H25O2PSi/c34-31-27-17-9-7-11-23(27)19-21-29(31)36(30-22-20-24-12-8-10-18-28(24)32(30)35)37-33(25-13-3-1-4-14-25)26-15-5-2-6-16-26/h1-22,33-35H. The maximum Gasteiger partial charge on any atom is 0.130 e. The minimum Gasteiger partial charge on any atom is -0.507 e. The van der Waals surface area contributed by atoms with Gasteiger partial charge in [-0.15, -0.1) is 0 Å². The first kappa shape index (κ1) is 23.5. The fourth-order valence-corrected chi connectivity index (χ4v) is 11.1. The predicted octanol–water partition coefficient (Wildman–Crippen LogP) is 7.25. The van der Waals surface area contributed by atoms with Gasteiger partial charge in [-0.3, -0.25) is 0 Å². The first-order valence-corrected chi connectivity index (χ1v) is 15.5.